The molecule has 146 valence electrons. The average Bonchev–Trinajstić information content (AvgIpc) is 3.29. The highest BCUT2D eigenvalue weighted by atomic mass is 79.9. The van der Waals surface area contributed by atoms with E-state index in [1.807, 2.05) is 47.3 Å². The van der Waals surface area contributed by atoms with Crippen LogP contribution in [0.2, 0.25) is 0 Å². The number of rotatable bonds is 7. The Balaban J connectivity index is 1.69. The number of nitrogens with one attached hydrogen (secondary N) is 2. The second-order valence-electron chi connectivity index (χ2n) is 5.74. The van der Waals surface area contributed by atoms with Gasteiger partial charge >= 0.3 is 5.97 Å². The van der Waals surface area contributed by atoms with Gasteiger partial charge in [-0.05, 0) is 46.7 Å². The van der Waals surface area contributed by atoms with Crippen LogP contribution in [0.4, 0.5) is 5.00 Å². The summed E-state index contributed by atoms with van der Waals surface area (Å²) in [6, 6.07) is 11.7. The van der Waals surface area contributed by atoms with Gasteiger partial charge in [-0.2, -0.15) is 5.10 Å². The Morgan fingerprint density at radius 2 is 2.14 bits per heavy atom. The topological polar surface area (TPSA) is 68.2 Å². The van der Waals surface area contributed by atoms with E-state index in [2.05, 4.69) is 31.7 Å². The number of anilines is 1. The Morgan fingerprint density at radius 3 is 2.82 bits per heavy atom. The molecule has 3 aromatic rings. The van der Waals surface area contributed by atoms with Gasteiger partial charge in [-0.1, -0.05) is 30.3 Å². The molecule has 0 bridgehead atoms. The molecule has 0 aliphatic carbocycles. The molecule has 0 radical (unpaired) electrons. The molecule has 0 aliphatic heterocycles. The Kier molecular flexibility index (Phi) is 7.18. The average molecular weight is 479 g/mol. The van der Waals surface area contributed by atoms with Gasteiger partial charge in [0.2, 0.25) is 0 Å². The summed E-state index contributed by atoms with van der Waals surface area (Å²) < 4.78 is 7.93. The lowest BCUT2D eigenvalue weighted by Gasteiger charge is -2.10. The summed E-state index contributed by atoms with van der Waals surface area (Å²) in [7, 11) is 0. The van der Waals surface area contributed by atoms with E-state index < -0.39 is 0 Å². The van der Waals surface area contributed by atoms with Crippen LogP contribution in [0, 0.1) is 0 Å². The van der Waals surface area contributed by atoms with Gasteiger partial charge in [-0.3, -0.25) is 4.68 Å². The van der Waals surface area contributed by atoms with Crippen molar-refractivity contribution in [3.8, 4) is 10.4 Å². The molecule has 0 saturated carbocycles. The molecule has 0 spiro atoms. The third-order valence-electron chi connectivity index (χ3n) is 3.74. The first kappa shape index (κ1) is 20.5. The number of nitrogens with zero attached hydrogens (tertiary/aromatic N) is 2. The third-order valence-corrected chi connectivity index (χ3v) is 5.50. The summed E-state index contributed by atoms with van der Waals surface area (Å²) in [5.74, 6) is -0.368. The maximum absolute atomic E-state index is 12.4. The largest absolute Gasteiger partial charge is 0.462 e. The second-order valence-corrected chi connectivity index (χ2v) is 8.12. The van der Waals surface area contributed by atoms with E-state index in [9.17, 15) is 4.79 Å². The van der Waals surface area contributed by atoms with Crippen molar-refractivity contribution in [1.82, 2.24) is 15.1 Å². The molecule has 0 aliphatic rings. The zero-order valence-electron chi connectivity index (χ0n) is 15.1. The van der Waals surface area contributed by atoms with Gasteiger partial charge in [0.05, 0.1) is 29.4 Å². The highest BCUT2D eigenvalue weighted by Gasteiger charge is 2.19. The van der Waals surface area contributed by atoms with Gasteiger partial charge < -0.3 is 15.4 Å². The maximum atomic E-state index is 12.4. The predicted octanol–water partition coefficient (Wildman–Crippen LogP) is 4.54. The summed E-state index contributed by atoms with van der Waals surface area (Å²) in [5.41, 5.74) is 1.51. The number of carbonyl (C=O) groups excluding carboxylic acids is 1. The second kappa shape index (κ2) is 9.81. The van der Waals surface area contributed by atoms with Crippen LogP contribution >= 0.6 is 39.5 Å². The van der Waals surface area contributed by atoms with E-state index in [1.165, 1.54) is 11.3 Å². The van der Waals surface area contributed by atoms with Gasteiger partial charge in [-0.15, -0.1) is 11.3 Å². The minimum Gasteiger partial charge on any atom is -0.462 e. The summed E-state index contributed by atoms with van der Waals surface area (Å²) in [6.45, 7) is 3.37. The van der Waals surface area contributed by atoms with Crippen molar-refractivity contribution >= 4 is 55.6 Å². The minimum absolute atomic E-state index is 0.316. The van der Waals surface area contributed by atoms with E-state index in [0.717, 1.165) is 14.9 Å². The Bertz CT molecular complexity index is 956. The van der Waals surface area contributed by atoms with Gasteiger partial charge in [0.25, 0.3) is 0 Å². The molecule has 0 unspecified atom stereocenters. The summed E-state index contributed by atoms with van der Waals surface area (Å²) in [4.78, 5) is 13.3. The maximum Gasteiger partial charge on any atom is 0.341 e. The number of carbonyl (C=O) groups is 1. The van der Waals surface area contributed by atoms with Gasteiger partial charge in [0, 0.05) is 17.6 Å². The van der Waals surface area contributed by atoms with Crippen LogP contribution in [0.25, 0.3) is 10.4 Å². The lowest BCUT2D eigenvalue weighted by atomic mass is 10.1. The molecule has 3 rings (SSSR count). The minimum atomic E-state index is -0.368. The number of hydrogen-bond acceptors (Lipinski definition) is 5. The Morgan fingerprint density at radius 1 is 1.36 bits per heavy atom. The summed E-state index contributed by atoms with van der Waals surface area (Å²) in [5, 5.41) is 11.6. The van der Waals surface area contributed by atoms with Crippen molar-refractivity contribution < 1.29 is 9.53 Å². The molecule has 28 heavy (non-hydrogen) atoms. The molecule has 0 fully saturated rings. The highest BCUT2D eigenvalue weighted by molar-refractivity contribution is 9.10. The van der Waals surface area contributed by atoms with Crippen LogP contribution in [0.5, 0.6) is 0 Å². The van der Waals surface area contributed by atoms with Crippen molar-refractivity contribution in [3.63, 3.8) is 0 Å². The van der Waals surface area contributed by atoms with Crippen molar-refractivity contribution in [2.75, 3.05) is 18.5 Å². The zero-order chi connectivity index (χ0) is 19.9. The third kappa shape index (κ3) is 5.40. The summed E-state index contributed by atoms with van der Waals surface area (Å²) in [6.07, 6.45) is 3.63. The van der Waals surface area contributed by atoms with E-state index >= 15 is 0 Å². The molecule has 0 amide bonds. The Labute approximate surface area is 181 Å². The van der Waals surface area contributed by atoms with Crippen LogP contribution in [0.1, 0.15) is 17.3 Å². The molecule has 2 heterocycles. The number of aromatic nitrogens is 2. The van der Waals surface area contributed by atoms with Gasteiger partial charge in [-0.25, -0.2) is 4.79 Å². The normalized spacial score (nSPS) is 10.5. The van der Waals surface area contributed by atoms with Crippen molar-refractivity contribution in [2.24, 2.45) is 0 Å². The fraction of sp³-hybridized carbons (Fsp3) is 0.211. The SMILES string of the molecule is CCOC(=O)c1cc(-c2ccccc2)sc1NC(=S)NCCn1cc(Br)cn1. The predicted molar refractivity (Wildman–Crippen MR) is 120 cm³/mol. The molecule has 6 nitrogen and oxygen atoms in total. The summed E-state index contributed by atoms with van der Waals surface area (Å²) >= 11 is 10.2. The Hall–Kier alpha value is -2.23. The molecule has 9 heteroatoms. The van der Waals surface area contributed by atoms with Crippen LogP contribution in [-0.2, 0) is 11.3 Å². The fourth-order valence-corrected chi connectivity index (χ4v) is 4.13. The quantitative estimate of drug-likeness (QED) is 0.383. The fourth-order valence-electron chi connectivity index (χ4n) is 2.48. The number of benzene rings is 1. The molecule has 2 aromatic heterocycles. The first-order valence-corrected chi connectivity index (χ1v) is 10.7. The molecule has 2 N–H and O–H groups in total. The highest BCUT2D eigenvalue weighted by Crippen LogP contribution is 2.35. The number of thiophene rings is 1. The zero-order valence-corrected chi connectivity index (χ0v) is 18.4. The molecule has 0 saturated heterocycles. The van der Waals surface area contributed by atoms with Crippen molar-refractivity contribution in [1.29, 1.82) is 0 Å². The van der Waals surface area contributed by atoms with Crippen LogP contribution < -0.4 is 10.6 Å². The number of esters is 1. The number of thiocarbonyl (C=S) groups is 1. The van der Waals surface area contributed by atoms with Crippen LogP contribution in [0.3, 0.4) is 0 Å². The number of hydrogen-bond donors (Lipinski definition) is 2. The van der Waals surface area contributed by atoms with Crippen molar-refractivity contribution in [2.45, 2.75) is 13.5 Å². The molecule has 0 atom stereocenters. The molecular weight excluding hydrogens is 460 g/mol. The van der Waals surface area contributed by atoms with Gasteiger partial charge in [0.1, 0.15) is 5.00 Å². The number of halogens is 1. The molecule has 1 aromatic carbocycles. The standard InChI is InChI=1S/C19H19BrN4O2S2/c1-2-26-18(25)15-10-16(13-6-4-3-5-7-13)28-17(15)23-19(27)21-8-9-24-12-14(20)11-22-24/h3-7,10-12H,2,8-9H2,1H3,(H2,21,23,27). The van der Waals surface area contributed by atoms with E-state index in [-0.39, 0.29) is 5.97 Å². The van der Waals surface area contributed by atoms with Gasteiger partial charge in [0.15, 0.2) is 5.11 Å². The number of ether oxygens (including phenoxy) is 1. The van der Waals surface area contributed by atoms with E-state index in [0.29, 0.717) is 35.4 Å². The van der Waals surface area contributed by atoms with Crippen LogP contribution in [0.15, 0.2) is 53.3 Å². The first-order valence-electron chi connectivity index (χ1n) is 8.66. The first-order chi connectivity index (χ1) is 13.6. The van der Waals surface area contributed by atoms with E-state index in [4.69, 9.17) is 17.0 Å². The van der Waals surface area contributed by atoms with Crippen LogP contribution in [-0.4, -0.2) is 34.0 Å². The smallest absolute Gasteiger partial charge is 0.341 e. The lowest BCUT2D eigenvalue weighted by Crippen LogP contribution is -2.31. The monoisotopic (exact) mass is 478 g/mol. The lowest BCUT2D eigenvalue weighted by molar-refractivity contribution is 0.0528. The van der Waals surface area contributed by atoms with E-state index in [1.54, 1.807) is 13.1 Å². The molecular formula is C19H19BrN4O2S2. The van der Waals surface area contributed by atoms with Crippen molar-refractivity contribution in [3.05, 3.63) is 58.8 Å².